The van der Waals surface area contributed by atoms with E-state index in [1.807, 2.05) is 13.0 Å². The molecule has 118 valence electrons. The first-order chi connectivity index (χ1) is 10.0. The monoisotopic (exact) mass is 311 g/mol. The van der Waals surface area contributed by atoms with Crippen LogP contribution in [0, 0.1) is 0 Å². The predicted octanol–water partition coefficient (Wildman–Crippen LogP) is 1.88. The maximum absolute atomic E-state index is 12.5. The van der Waals surface area contributed by atoms with Crippen molar-refractivity contribution >= 4 is 15.7 Å². The topological polar surface area (TPSA) is 61.4 Å². The number of sulfonamides is 1. The summed E-state index contributed by atoms with van der Waals surface area (Å²) < 4.78 is 27.7. The number of nitrogens with zero attached hydrogens (tertiary/aromatic N) is 1. The normalized spacial score (nSPS) is 17.8. The van der Waals surface area contributed by atoms with Gasteiger partial charge in [-0.15, -0.1) is 0 Å². The van der Waals surface area contributed by atoms with Crippen molar-refractivity contribution in [2.45, 2.75) is 37.6 Å². The van der Waals surface area contributed by atoms with Crippen LogP contribution in [0.1, 0.15) is 26.7 Å². The molecule has 21 heavy (non-hydrogen) atoms. The zero-order chi connectivity index (χ0) is 15.3. The van der Waals surface area contributed by atoms with Gasteiger partial charge >= 0.3 is 0 Å². The Morgan fingerprint density at radius 3 is 2.57 bits per heavy atom. The molecule has 1 aromatic rings. The van der Waals surface area contributed by atoms with Gasteiger partial charge in [-0.3, -0.25) is 4.90 Å². The molecule has 2 rings (SSSR count). The molecule has 1 heterocycles. The molecule has 0 amide bonds. The van der Waals surface area contributed by atoms with Crippen LogP contribution in [0.2, 0.25) is 0 Å². The van der Waals surface area contributed by atoms with Crippen LogP contribution in [0.5, 0.6) is 0 Å². The van der Waals surface area contributed by atoms with Crippen molar-refractivity contribution in [3.63, 3.8) is 0 Å². The molecule has 1 aliphatic rings. The van der Waals surface area contributed by atoms with E-state index in [1.54, 1.807) is 18.2 Å². The van der Waals surface area contributed by atoms with Gasteiger partial charge in [0.15, 0.2) is 0 Å². The van der Waals surface area contributed by atoms with Crippen LogP contribution in [-0.4, -0.2) is 45.5 Å². The van der Waals surface area contributed by atoms with Gasteiger partial charge in [0.05, 0.1) is 5.69 Å². The van der Waals surface area contributed by atoms with E-state index >= 15 is 0 Å². The van der Waals surface area contributed by atoms with E-state index in [9.17, 15) is 8.42 Å². The Kier molecular flexibility index (Phi) is 5.61. The first-order valence-electron chi connectivity index (χ1n) is 7.61. The summed E-state index contributed by atoms with van der Waals surface area (Å²) in [4.78, 5) is 2.65. The van der Waals surface area contributed by atoms with E-state index in [0.29, 0.717) is 23.7 Å². The van der Waals surface area contributed by atoms with E-state index < -0.39 is 10.0 Å². The second kappa shape index (κ2) is 7.24. The fourth-order valence-corrected chi connectivity index (χ4v) is 3.96. The third-order valence-corrected chi connectivity index (χ3v) is 5.36. The SMILES string of the molecule is CCNc1ccccc1S(=O)(=O)NCC(C)N1CCCC1. The Balaban J connectivity index is 2.04. The Bertz CT molecular complexity index is 554. The molecule has 2 N–H and O–H groups in total. The van der Waals surface area contributed by atoms with Crippen molar-refractivity contribution in [3.8, 4) is 0 Å². The van der Waals surface area contributed by atoms with E-state index in [2.05, 4.69) is 21.9 Å². The van der Waals surface area contributed by atoms with Gasteiger partial charge < -0.3 is 5.32 Å². The summed E-state index contributed by atoms with van der Waals surface area (Å²) in [7, 11) is -3.48. The second-order valence-electron chi connectivity index (χ2n) is 5.47. The fourth-order valence-electron chi connectivity index (χ4n) is 2.66. The largest absolute Gasteiger partial charge is 0.384 e. The minimum absolute atomic E-state index is 0.230. The number of rotatable bonds is 7. The number of benzene rings is 1. The van der Waals surface area contributed by atoms with Crippen LogP contribution in [0.15, 0.2) is 29.2 Å². The van der Waals surface area contributed by atoms with Crippen molar-refractivity contribution in [1.82, 2.24) is 9.62 Å². The average molecular weight is 311 g/mol. The first kappa shape index (κ1) is 16.3. The zero-order valence-electron chi connectivity index (χ0n) is 12.8. The molecule has 1 saturated heterocycles. The Labute approximate surface area is 127 Å². The van der Waals surface area contributed by atoms with Gasteiger partial charge in [-0.1, -0.05) is 12.1 Å². The Morgan fingerprint density at radius 1 is 1.24 bits per heavy atom. The van der Waals surface area contributed by atoms with Gasteiger partial charge in [-0.05, 0) is 51.9 Å². The van der Waals surface area contributed by atoms with Gasteiger partial charge in [0.1, 0.15) is 4.90 Å². The average Bonchev–Trinajstić information content (AvgIpc) is 3.00. The Morgan fingerprint density at radius 2 is 1.90 bits per heavy atom. The molecule has 1 aromatic carbocycles. The second-order valence-corrected chi connectivity index (χ2v) is 7.21. The lowest BCUT2D eigenvalue weighted by Crippen LogP contribution is -2.40. The minimum atomic E-state index is -3.48. The summed E-state index contributed by atoms with van der Waals surface area (Å²) in [6, 6.07) is 7.25. The summed E-state index contributed by atoms with van der Waals surface area (Å²) in [5.74, 6) is 0. The smallest absolute Gasteiger partial charge is 0.242 e. The first-order valence-corrected chi connectivity index (χ1v) is 9.09. The summed E-state index contributed by atoms with van der Waals surface area (Å²) in [6.07, 6.45) is 2.42. The molecule has 0 saturated carbocycles. The van der Waals surface area contributed by atoms with Crippen LogP contribution in [-0.2, 0) is 10.0 Å². The van der Waals surface area contributed by atoms with Crippen LogP contribution >= 0.6 is 0 Å². The van der Waals surface area contributed by atoms with Crippen molar-refractivity contribution in [2.24, 2.45) is 0 Å². The fraction of sp³-hybridized carbons (Fsp3) is 0.600. The van der Waals surface area contributed by atoms with Crippen molar-refractivity contribution in [2.75, 3.05) is 31.5 Å². The molecule has 1 unspecified atom stereocenters. The van der Waals surface area contributed by atoms with Crippen molar-refractivity contribution in [3.05, 3.63) is 24.3 Å². The quantitative estimate of drug-likeness (QED) is 0.807. The third-order valence-electron chi connectivity index (χ3n) is 3.88. The standard InChI is InChI=1S/C15H25N3O2S/c1-3-16-14-8-4-5-9-15(14)21(19,20)17-12-13(2)18-10-6-7-11-18/h4-5,8-9,13,16-17H,3,6-7,10-12H2,1-2H3. The number of anilines is 1. The van der Waals surface area contributed by atoms with Gasteiger partial charge in [0.2, 0.25) is 10.0 Å². The molecule has 0 aliphatic carbocycles. The highest BCUT2D eigenvalue weighted by atomic mass is 32.2. The van der Waals surface area contributed by atoms with Crippen LogP contribution < -0.4 is 10.0 Å². The highest BCUT2D eigenvalue weighted by Crippen LogP contribution is 2.20. The van der Waals surface area contributed by atoms with E-state index in [4.69, 9.17) is 0 Å². The summed E-state index contributed by atoms with van der Waals surface area (Å²) in [5.41, 5.74) is 0.654. The molecule has 1 atom stereocenters. The Hall–Kier alpha value is -1.11. The number of nitrogens with one attached hydrogen (secondary N) is 2. The lowest BCUT2D eigenvalue weighted by molar-refractivity contribution is 0.260. The molecule has 1 fully saturated rings. The molecule has 0 radical (unpaired) electrons. The molecule has 0 aromatic heterocycles. The van der Waals surface area contributed by atoms with Crippen LogP contribution in [0.3, 0.4) is 0 Å². The maximum Gasteiger partial charge on any atom is 0.242 e. The molecule has 5 nitrogen and oxygen atoms in total. The molecule has 0 bridgehead atoms. The maximum atomic E-state index is 12.5. The highest BCUT2D eigenvalue weighted by Gasteiger charge is 2.22. The molecule has 6 heteroatoms. The predicted molar refractivity (Wildman–Crippen MR) is 86.1 cm³/mol. The van der Waals surface area contributed by atoms with Gasteiger partial charge in [0, 0.05) is 19.1 Å². The van der Waals surface area contributed by atoms with Gasteiger partial charge in [-0.25, -0.2) is 13.1 Å². The van der Waals surface area contributed by atoms with Crippen LogP contribution in [0.25, 0.3) is 0 Å². The third kappa shape index (κ3) is 4.18. The zero-order valence-corrected chi connectivity index (χ0v) is 13.6. The van der Waals surface area contributed by atoms with Crippen LogP contribution in [0.4, 0.5) is 5.69 Å². The molecular weight excluding hydrogens is 286 g/mol. The lowest BCUT2D eigenvalue weighted by Gasteiger charge is -2.24. The molecule has 1 aliphatic heterocycles. The number of likely N-dealkylation sites (tertiary alicyclic amines) is 1. The lowest BCUT2D eigenvalue weighted by atomic mass is 10.3. The number of hydrogen-bond donors (Lipinski definition) is 2. The van der Waals surface area contributed by atoms with Gasteiger partial charge in [0.25, 0.3) is 0 Å². The van der Waals surface area contributed by atoms with E-state index in [0.717, 1.165) is 13.1 Å². The minimum Gasteiger partial charge on any atom is -0.384 e. The highest BCUT2D eigenvalue weighted by molar-refractivity contribution is 7.89. The summed E-state index contributed by atoms with van der Waals surface area (Å²) in [6.45, 7) is 7.30. The molecular formula is C15H25N3O2S. The van der Waals surface area contributed by atoms with Crippen molar-refractivity contribution < 1.29 is 8.42 Å². The van der Waals surface area contributed by atoms with E-state index in [1.165, 1.54) is 12.8 Å². The van der Waals surface area contributed by atoms with E-state index in [-0.39, 0.29) is 6.04 Å². The van der Waals surface area contributed by atoms with Gasteiger partial charge in [-0.2, -0.15) is 0 Å². The summed E-state index contributed by atoms with van der Waals surface area (Å²) in [5, 5.41) is 3.10. The molecule has 0 spiro atoms. The number of hydrogen-bond acceptors (Lipinski definition) is 4. The summed E-state index contributed by atoms with van der Waals surface area (Å²) >= 11 is 0. The van der Waals surface area contributed by atoms with Crippen molar-refractivity contribution in [1.29, 1.82) is 0 Å². The number of para-hydroxylation sites is 1.